The zero-order valence-corrected chi connectivity index (χ0v) is 11.8. The number of rotatable bonds is 3. The maximum Gasteiger partial charge on any atom is 0.335 e. The van der Waals surface area contributed by atoms with Gasteiger partial charge in [0.2, 0.25) is 5.88 Å². The third-order valence-electron chi connectivity index (χ3n) is 3.03. The van der Waals surface area contributed by atoms with Gasteiger partial charge in [0.25, 0.3) is 5.56 Å². The average Bonchev–Trinajstić information content (AvgIpc) is 2.51. The van der Waals surface area contributed by atoms with Crippen molar-refractivity contribution >= 4 is 28.3 Å². The Bertz CT molecular complexity index is 936. The van der Waals surface area contributed by atoms with E-state index in [1.807, 2.05) is 0 Å². The SMILES string of the molecule is O=C(O)c1cccc(Oc2n[nH]c(=O)c3cccc(Cl)c23)c1. The van der Waals surface area contributed by atoms with Crippen molar-refractivity contribution in [3.63, 3.8) is 0 Å². The van der Waals surface area contributed by atoms with Crippen LogP contribution >= 0.6 is 11.6 Å². The normalized spacial score (nSPS) is 10.6. The molecule has 3 aromatic rings. The largest absolute Gasteiger partial charge is 0.478 e. The second-order valence-corrected chi connectivity index (χ2v) is 4.86. The maximum absolute atomic E-state index is 11.8. The van der Waals surface area contributed by atoms with Gasteiger partial charge in [0.15, 0.2) is 0 Å². The molecule has 1 aromatic heterocycles. The number of hydrogen-bond acceptors (Lipinski definition) is 4. The van der Waals surface area contributed by atoms with Crippen molar-refractivity contribution in [3.8, 4) is 11.6 Å². The van der Waals surface area contributed by atoms with E-state index in [2.05, 4.69) is 10.2 Å². The van der Waals surface area contributed by atoms with Gasteiger partial charge in [0, 0.05) is 0 Å². The monoisotopic (exact) mass is 316 g/mol. The second kappa shape index (κ2) is 5.50. The lowest BCUT2D eigenvalue weighted by atomic mass is 10.2. The number of carboxylic acid groups (broad SMARTS) is 1. The minimum Gasteiger partial charge on any atom is -0.478 e. The fourth-order valence-corrected chi connectivity index (χ4v) is 2.28. The predicted octanol–water partition coefficient (Wildman–Crippen LogP) is 3.07. The molecule has 0 aliphatic heterocycles. The Morgan fingerprint density at radius 3 is 2.77 bits per heavy atom. The van der Waals surface area contributed by atoms with Crippen LogP contribution in [0.15, 0.2) is 47.3 Å². The van der Waals surface area contributed by atoms with E-state index in [4.69, 9.17) is 21.4 Å². The minimum atomic E-state index is -1.07. The molecule has 0 aliphatic carbocycles. The Hall–Kier alpha value is -2.86. The van der Waals surface area contributed by atoms with Gasteiger partial charge in [0.05, 0.1) is 21.4 Å². The first-order valence-electron chi connectivity index (χ1n) is 6.24. The fraction of sp³-hybridized carbons (Fsp3) is 0. The highest BCUT2D eigenvalue weighted by atomic mass is 35.5. The summed E-state index contributed by atoms with van der Waals surface area (Å²) in [4.78, 5) is 22.7. The topological polar surface area (TPSA) is 92.3 Å². The molecule has 2 aromatic carbocycles. The lowest BCUT2D eigenvalue weighted by molar-refractivity contribution is 0.0696. The number of fused-ring (bicyclic) bond motifs is 1. The number of aromatic carboxylic acids is 1. The molecule has 110 valence electrons. The molecular weight excluding hydrogens is 308 g/mol. The van der Waals surface area contributed by atoms with Crippen LogP contribution in [0.25, 0.3) is 10.8 Å². The lowest BCUT2D eigenvalue weighted by Gasteiger charge is -2.08. The number of nitrogens with zero attached hydrogens (tertiary/aromatic N) is 1. The van der Waals surface area contributed by atoms with Crippen molar-refractivity contribution < 1.29 is 14.6 Å². The minimum absolute atomic E-state index is 0.0809. The lowest BCUT2D eigenvalue weighted by Crippen LogP contribution is -2.09. The van der Waals surface area contributed by atoms with Gasteiger partial charge < -0.3 is 9.84 Å². The van der Waals surface area contributed by atoms with E-state index in [-0.39, 0.29) is 22.8 Å². The summed E-state index contributed by atoms with van der Waals surface area (Å²) in [6.45, 7) is 0. The van der Waals surface area contributed by atoms with Gasteiger partial charge >= 0.3 is 5.97 Å². The first-order valence-corrected chi connectivity index (χ1v) is 6.62. The Morgan fingerprint density at radius 2 is 2.00 bits per heavy atom. The highest BCUT2D eigenvalue weighted by Gasteiger charge is 2.13. The first kappa shape index (κ1) is 14.1. The quantitative estimate of drug-likeness (QED) is 0.774. The molecule has 2 N–H and O–H groups in total. The van der Waals surface area contributed by atoms with E-state index in [9.17, 15) is 9.59 Å². The number of ether oxygens (including phenoxy) is 1. The summed E-state index contributed by atoms with van der Waals surface area (Å²) in [5.41, 5.74) is -0.304. The van der Waals surface area contributed by atoms with Crippen LogP contribution in [-0.4, -0.2) is 21.3 Å². The molecule has 0 atom stereocenters. The summed E-state index contributed by atoms with van der Waals surface area (Å²) in [6, 6.07) is 10.8. The summed E-state index contributed by atoms with van der Waals surface area (Å²) in [5, 5.41) is 16.2. The molecule has 0 spiro atoms. The van der Waals surface area contributed by atoms with Gasteiger partial charge in [-0.05, 0) is 30.3 Å². The van der Waals surface area contributed by atoms with E-state index in [1.165, 1.54) is 12.1 Å². The zero-order valence-electron chi connectivity index (χ0n) is 11.0. The van der Waals surface area contributed by atoms with Gasteiger partial charge in [0.1, 0.15) is 5.75 Å². The van der Waals surface area contributed by atoms with Gasteiger partial charge in [-0.1, -0.05) is 23.7 Å². The number of aromatic nitrogens is 2. The predicted molar refractivity (Wildman–Crippen MR) is 80.8 cm³/mol. The van der Waals surface area contributed by atoms with Gasteiger partial charge in [-0.3, -0.25) is 4.79 Å². The van der Waals surface area contributed by atoms with Crippen LogP contribution in [0.3, 0.4) is 0 Å². The molecule has 22 heavy (non-hydrogen) atoms. The molecule has 0 fully saturated rings. The summed E-state index contributed by atoms with van der Waals surface area (Å²) < 4.78 is 5.59. The molecule has 7 heteroatoms. The highest BCUT2D eigenvalue weighted by molar-refractivity contribution is 6.36. The van der Waals surface area contributed by atoms with Crippen molar-refractivity contribution in [2.45, 2.75) is 0 Å². The summed E-state index contributed by atoms with van der Waals surface area (Å²) in [7, 11) is 0. The van der Waals surface area contributed by atoms with E-state index < -0.39 is 5.97 Å². The van der Waals surface area contributed by atoms with E-state index in [1.54, 1.807) is 30.3 Å². The van der Waals surface area contributed by atoms with Crippen molar-refractivity contribution in [2.75, 3.05) is 0 Å². The van der Waals surface area contributed by atoms with Crippen LogP contribution in [0.2, 0.25) is 5.02 Å². The first-order chi connectivity index (χ1) is 10.6. The highest BCUT2D eigenvalue weighted by Crippen LogP contribution is 2.31. The van der Waals surface area contributed by atoms with Crippen molar-refractivity contribution in [2.24, 2.45) is 0 Å². The Labute approximate surface area is 128 Å². The molecule has 0 saturated heterocycles. The fourth-order valence-electron chi connectivity index (χ4n) is 2.03. The maximum atomic E-state index is 11.8. The standard InChI is InChI=1S/C15H9ClN2O4/c16-11-6-2-5-10-12(11)14(18-17-13(10)19)22-9-4-1-3-8(7-9)15(20)21/h1-7H,(H,17,19)(H,20,21). The molecule has 0 unspecified atom stereocenters. The Balaban J connectivity index is 2.12. The molecule has 0 saturated carbocycles. The Morgan fingerprint density at radius 1 is 1.23 bits per heavy atom. The van der Waals surface area contributed by atoms with Crippen LogP contribution in [0.4, 0.5) is 0 Å². The van der Waals surface area contributed by atoms with Crippen molar-refractivity contribution in [3.05, 3.63) is 63.4 Å². The number of H-pyrrole nitrogens is 1. The van der Waals surface area contributed by atoms with Crippen molar-refractivity contribution in [1.82, 2.24) is 10.2 Å². The van der Waals surface area contributed by atoms with Gasteiger partial charge in [-0.2, -0.15) is 0 Å². The van der Waals surface area contributed by atoms with E-state index in [0.717, 1.165) is 0 Å². The number of carboxylic acids is 1. The number of halogens is 1. The molecule has 0 bridgehead atoms. The zero-order chi connectivity index (χ0) is 15.7. The molecule has 0 aliphatic rings. The Kier molecular flexibility index (Phi) is 3.52. The van der Waals surface area contributed by atoms with Crippen LogP contribution in [0.5, 0.6) is 11.6 Å². The van der Waals surface area contributed by atoms with Crippen LogP contribution in [0, 0.1) is 0 Å². The molecule has 1 heterocycles. The van der Waals surface area contributed by atoms with Crippen LogP contribution in [-0.2, 0) is 0 Å². The third-order valence-corrected chi connectivity index (χ3v) is 3.34. The molecule has 6 nitrogen and oxygen atoms in total. The molecule has 0 radical (unpaired) electrons. The summed E-state index contributed by atoms with van der Waals surface area (Å²) >= 11 is 6.12. The number of nitrogens with one attached hydrogen (secondary N) is 1. The van der Waals surface area contributed by atoms with Crippen LogP contribution < -0.4 is 10.3 Å². The van der Waals surface area contributed by atoms with Gasteiger partial charge in [-0.25, -0.2) is 9.89 Å². The number of carbonyl (C=O) groups is 1. The van der Waals surface area contributed by atoms with E-state index in [0.29, 0.717) is 15.8 Å². The smallest absolute Gasteiger partial charge is 0.335 e. The summed E-state index contributed by atoms with van der Waals surface area (Å²) in [5.74, 6) is -0.689. The number of benzene rings is 2. The second-order valence-electron chi connectivity index (χ2n) is 4.46. The average molecular weight is 317 g/mol. The van der Waals surface area contributed by atoms with Crippen molar-refractivity contribution in [1.29, 1.82) is 0 Å². The molecule has 0 amide bonds. The molecule has 3 rings (SSSR count). The van der Waals surface area contributed by atoms with Gasteiger partial charge in [-0.15, -0.1) is 5.10 Å². The number of hydrogen-bond donors (Lipinski definition) is 2. The summed E-state index contributed by atoms with van der Waals surface area (Å²) in [6.07, 6.45) is 0. The van der Waals surface area contributed by atoms with Crippen LogP contribution in [0.1, 0.15) is 10.4 Å². The van der Waals surface area contributed by atoms with E-state index >= 15 is 0 Å². The third kappa shape index (κ3) is 2.51. The molecular formula is C15H9ClN2O4. The number of aromatic amines is 1.